The summed E-state index contributed by atoms with van der Waals surface area (Å²) in [5, 5.41) is 0. The van der Waals surface area contributed by atoms with Gasteiger partial charge in [-0.05, 0) is 37.8 Å². The number of amides is 1. The number of benzene rings is 1. The van der Waals surface area contributed by atoms with E-state index in [9.17, 15) is 4.79 Å². The van der Waals surface area contributed by atoms with E-state index in [1.165, 1.54) is 0 Å². The van der Waals surface area contributed by atoms with Gasteiger partial charge in [0, 0.05) is 18.7 Å². The highest BCUT2D eigenvalue weighted by Crippen LogP contribution is 2.19. The van der Waals surface area contributed by atoms with Crippen LogP contribution in [0.25, 0.3) is 0 Å². The summed E-state index contributed by atoms with van der Waals surface area (Å²) < 4.78 is 0. The molecule has 0 aromatic heterocycles. The summed E-state index contributed by atoms with van der Waals surface area (Å²) >= 11 is 0. The van der Waals surface area contributed by atoms with Gasteiger partial charge in [0.05, 0.1) is 0 Å². The first-order valence-corrected chi connectivity index (χ1v) is 7.69. The zero-order valence-corrected chi connectivity index (χ0v) is 14.3. The summed E-state index contributed by atoms with van der Waals surface area (Å²) in [6.07, 6.45) is 1.03. The maximum absolute atomic E-state index is 12.4. The zero-order chi connectivity index (χ0) is 15.8. The molecule has 2 nitrogen and oxygen atoms in total. The molecule has 0 fully saturated rings. The van der Waals surface area contributed by atoms with Gasteiger partial charge in [-0.1, -0.05) is 52.3 Å². The van der Waals surface area contributed by atoms with Crippen LogP contribution in [0.15, 0.2) is 24.3 Å². The molecule has 0 aliphatic rings. The molecule has 0 atom stereocenters. The van der Waals surface area contributed by atoms with Crippen LogP contribution in [0.1, 0.15) is 63.9 Å². The Hall–Kier alpha value is -1.31. The minimum Gasteiger partial charge on any atom is -0.339 e. The van der Waals surface area contributed by atoms with Crippen LogP contribution < -0.4 is 0 Å². The molecule has 1 amide bonds. The first-order chi connectivity index (χ1) is 9.33. The van der Waals surface area contributed by atoms with Crippen molar-refractivity contribution in [3.63, 3.8) is 0 Å². The molecule has 0 saturated heterocycles. The van der Waals surface area contributed by atoms with Crippen LogP contribution in [-0.2, 0) is 0 Å². The van der Waals surface area contributed by atoms with Gasteiger partial charge in [-0.25, -0.2) is 0 Å². The van der Waals surface area contributed by atoms with E-state index in [0.29, 0.717) is 0 Å². The van der Waals surface area contributed by atoms with Crippen LogP contribution in [0.4, 0.5) is 0 Å². The van der Waals surface area contributed by atoms with Crippen molar-refractivity contribution in [2.75, 3.05) is 13.1 Å². The van der Waals surface area contributed by atoms with Gasteiger partial charge in [0.2, 0.25) is 0 Å². The van der Waals surface area contributed by atoms with Crippen LogP contribution in [-0.4, -0.2) is 23.9 Å². The van der Waals surface area contributed by atoms with Crippen LogP contribution in [0.5, 0.6) is 0 Å². The van der Waals surface area contributed by atoms with Crippen LogP contribution in [0.3, 0.4) is 0 Å². The Bertz CT molecular complexity index is 404. The summed E-state index contributed by atoms with van der Waals surface area (Å²) in [7, 11) is 0. The molecule has 0 heterocycles. The van der Waals surface area contributed by atoms with Crippen molar-refractivity contribution >= 4 is 5.91 Å². The van der Waals surface area contributed by atoms with Crippen molar-refractivity contribution in [1.29, 1.82) is 0 Å². The molecule has 0 unspecified atom stereocenters. The van der Waals surface area contributed by atoms with Gasteiger partial charge in [-0.15, -0.1) is 0 Å². The maximum atomic E-state index is 12.4. The van der Waals surface area contributed by atoms with E-state index in [0.717, 1.165) is 30.6 Å². The fraction of sp³-hybridized carbons (Fsp3) is 0.611. The van der Waals surface area contributed by atoms with Crippen LogP contribution in [0, 0.1) is 12.3 Å². The molecule has 1 rings (SSSR count). The minimum absolute atomic E-state index is 0.144. The molecule has 0 bridgehead atoms. The Kier molecular flexibility index (Phi) is 8.21. The van der Waals surface area contributed by atoms with Gasteiger partial charge >= 0.3 is 0 Å². The van der Waals surface area contributed by atoms with Crippen molar-refractivity contribution in [3.05, 3.63) is 35.4 Å². The summed E-state index contributed by atoms with van der Waals surface area (Å²) in [6, 6.07) is 7.82. The zero-order valence-electron chi connectivity index (χ0n) is 14.3. The van der Waals surface area contributed by atoms with Crippen molar-refractivity contribution in [3.8, 4) is 0 Å². The smallest absolute Gasteiger partial charge is 0.253 e. The standard InChI is InChI=1S/C16H25NO.C2H6/c1-6-17(11-10-16(3,4)5)15(18)14-9-7-8-13(2)12-14;1-2/h7-9,12H,6,10-11H2,1-5H3;1-2H3. The molecular formula is C18H31NO. The number of nitrogens with zero attached hydrogens (tertiary/aromatic N) is 1. The number of carbonyl (C=O) groups excluding carboxylic acids is 1. The molecule has 114 valence electrons. The van der Waals surface area contributed by atoms with Crippen molar-refractivity contribution in [1.82, 2.24) is 4.90 Å². The monoisotopic (exact) mass is 277 g/mol. The average molecular weight is 277 g/mol. The van der Waals surface area contributed by atoms with E-state index in [1.807, 2.05) is 56.9 Å². The Morgan fingerprint density at radius 3 is 2.25 bits per heavy atom. The number of carbonyl (C=O) groups is 1. The highest BCUT2D eigenvalue weighted by atomic mass is 16.2. The van der Waals surface area contributed by atoms with E-state index in [1.54, 1.807) is 0 Å². The summed E-state index contributed by atoms with van der Waals surface area (Å²) in [6.45, 7) is 16.3. The molecule has 1 aromatic rings. The fourth-order valence-corrected chi connectivity index (χ4v) is 1.83. The van der Waals surface area contributed by atoms with Gasteiger partial charge in [0.1, 0.15) is 0 Å². The fourth-order valence-electron chi connectivity index (χ4n) is 1.83. The SMILES string of the molecule is CC.CCN(CCC(C)(C)C)C(=O)c1cccc(C)c1. The second-order valence-electron chi connectivity index (χ2n) is 6.06. The maximum Gasteiger partial charge on any atom is 0.253 e. The third-order valence-electron chi connectivity index (χ3n) is 3.07. The third-order valence-corrected chi connectivity index (χ3v) is 3.07. The number of hydrogen-bond acceptors (Lipinski definition) is 1. The molecule has 2 heteroatoms. The lowest BCUT2D eigenvalue weighted by Crippen LogP contribution is -2.33. The normalized spacial score (nSPS) is 10.6. The van der Waals surface area contributed by atoms with Crippen molar-refractivity contribution in [2.24, 2.45) is 5.41 Å². The molecule has 0 spiro atoms. The molecule has 0 saturated carbocycles. The van der Waals surface area contributed by atoms with E-state index in [2.05, 4.69) is 20.8 Å². The number of rotatable bonds is 4. The number of hydrogen-bond donors (Lipinski definition) is 0. The van der Waals surface area contributed by atoms with Gasteiger partial charge in [0.15, 0.2) is 0 Å². The molecule has 20 heavy (non-hydrogen) atoms. The molecule has 0 radical (unpaired) electrons. The van der Waals surface area contributed by atoms with Gasteiger partial charge in [0.25, 0.3) is 5.91 Å². The quantitative estimate of drug-likeness (QED) is 0.765. The predicted molar refractivity (Wildman–Crippen MR) is 88.2 cm³/mol. The largest absolute Gasteiger partial charge is 0.339 e. The van der Waals surface area contributed by atoms with E-state index < -0.39 is 0 Å². The summed E-state index contributed by atoms with van der Waals surface area (Å²) in [5.74, 6) is 0.144. The predicted octanol–water partition coefficient (Wildman–Crippen LogP) is 4.92. The lowest BCUT2D eigenvalue weighted by atomic mass is 9.92. The highest BCUT2D eigenvalue weighted by Gasteiger charge is 2.17. The first-order valence-electron chi connectivity index (χ1n) is 7.69. The molecule has 0 aliphatic carbocycles. The number of aryl methyl sites for hydroxylation is 1. The molecular weight excluding hydrogens is 246 g/mol. The molecule has 0 N–H and O–H groups in total. The van der Waals surface area contributed by atoms with E-state index in [4.69, 9.17) is 0 Å². The Balaban J connectivity index is 0.00000172. The molecule has 1 aromatic carbocycles. The Morgan fingerprint density at radius 2 is 1.80 bits per heavy atom. The second kappa shape index (κ2) is 8.78. The lowest BCUT2D eigenvalue weighted by molar-refractivity contribution is 0.0747. The average Bonchev–Trinajstić information content (AvgIpc) is 2.40. The first kappa shape index (κ1) is 18.7. The third kappa shape index (κ3) is 6.74. The van der Waals surface area contributed by atoms with Gasteiger partial charge < -0.3 is 4.90 Å². The van der Waals surface area contributed by atoms with E-state index >= 15 is 0 Å². The van der Waals surface area contributed by atoms with Gasteiger partial charge in [-0.3, -0.25) is 4.79 Å². The topological polar surface area (TPSA) is 20.3 Å². The summed E-state index contributed by atoms with van der Waals surface area (Å²) in [5.41, 5.74) is 2.19. The van der Waals surface area contributed by atoms with Crippen molar-refractivity contribution < 1.29 is 4.79 Å². The second-order valence-corrected chi connectivity index (χ2v) is 6.06. The Morgan fingerprint density at radius 1 is 1.20 bits per heavy atom. The summed E-state index contributed by atoms with van der Waals surface area (Å²) in [4.78, 5) is 14.3. The Labute approximate surface area is 125 Å². The van der Waals surface area contributed by atoms with Crippen LogP contribution >= 0.6 is 0 Å². The van der Waals surface area contributed by atoms with Gasteiger partial charge in [-0.2, -0.15) is 0 Å². The molecule has 0 aliphatic heterocycles. The van der Waals surface area contributed by atoms with Crippen LogP contribution in [0.2, 0.25) is 0 Å². The highest BCUT2D eigenvalue weighted by molar-refractivity contribution is 5.94. The van der Waals surface area contributed by atoms with Crippen molar-refractivity contribution in [2.45, 2.75) is 54.9 Å². The minimum atomic E-state index is 0.144. The van der Waals surface area contributed by atoms with E-state index in [-0.39, 0.29) is 11.3 Å². The lowest BCUT2D eigenvalue weighted by Gasteiger charge is -2.26.